The quantitative estimate of drug-likeness (QED) is 0.401. The third-order valence-electron chi connectivity index (χ3n) is 4.81. The number of aryl methyl sites for hydroxylation is 1. The van der Waals surface area contributed by atoms with Crippen LogP contribution in [0.25, 0.3) is 27.2 Å². The number of carbonyl (C=O) groups excluding carboxylic acids is 1. The summed E-state index contributed by atoms with van der Waals surface area (Å²) in [7, 11) is 0. The Morgan fingerprint density at radius 1 is 1.12 bits per heavy atom. The zero-order valence-corrected chi connectivity index (χ0v) is 18.6. The molecular weight excluding hydrogens is 448 g/mol. The maximum absolute atomic E-state index is 12.9. The minimum absolute atomic E-state index is 0.125. The van der Waals surface area contributed by atoms with E-state index in [4.69, 9.17) is 4.52 Å². The van der Waals surface area contributed by atoms with Crippen LogP contribution in [0.15, 0.2) is 56.5 Å². The van der Waals surface area contributed by atoms with Gasteiger partial charge in [0.2, 0.25) is 5.95 Å². The summed E-state index contributed by atoms with van der Waals surface area (Å²) in [5, 5.41) is 15.1. The Hall–Kier alpha value is -3.83. The summed E-state index contributed by atoms with van der Waals surface area (Å²) in [6.45, 7) is 3.45. The van der Waals surface area contributed by atoms with Crippen molar-refractivity contribution in [2.75, 3.05) is 5.32 Å². The lowest BCUT2D eigenvalue weighted by Gasteiger charge is -2.08. The van der Waals surface area contributed by atoms with Gasteiger partial charge < -0.3 is 9.84 Å². The van der Waals surface area contributed by atoms with E-state index in [1.54, 1.807) is 26.0 Å². The van der Waals surface area contributed by atoms with Crippen LogP contribution in [0.5, 0.6) is 0 Å². The molecule has 5 aromatic heterocycles. The number of hydrogen-bond acceptors (Lipinski definition) is 8. The van der Waals surface area contributed by atoms with Gasteiger partial charge in [0.15, 0.2) is 11.5 Å². The Morgan fingerprint density at radius 2 is 1.88 bits per heavy atom. The zero-order chi connectivity index (χ0) is 22.2. The highest BCUT2D eigenvalue weighted by Gasteiger charge is 2.20. The predicted molar refractivity (Wildman–Crippen MR) is 123 cm³/mol. The Morgan fingerprint density at radius 3 is 2.56 bits per heavy atom. The van der Waals surface area contributed by atoms with Gasteiger partial charge in [-0.25, -0.2) is 4.98 Å². The third kappa shape index (κ3) is 3.67. The predicted octanol–water partition coefficient (Wildman–Crippen LogP) is 4.27. The monoisotopic (exact) mass is 464 g/mol. The first kappa shape index (κ1) is 20.1. The van der Waals surface area contributed by atoms with Crippen molar-refractivity contribution in [1.82, 2.24) is 24.9 Å². The number of carbonyl (C=O) groups is 1. The summed E-state index contributed by atoms with van der Waals surface area (Å²) in [5.74, 6) is 0.584. The molecule has 160 valence electrons. The molecule has 0 fully saturated rings. The fraction of sp³-hybridized carbons (Fsp3) is 0.0952. The van der Waals surface area contributed by atoms with Gasteiger partial charge in [0, 0.05) is 23.4 Å². The fourth-order valence-corrected chi connectivity index (χ4v) is 4.36. The number of H-pyrrole nitrogens is 1. The van der Waals surface area contributed by atoms with Crippen molar-refractivity contribution in [1.29, 1.82) is 0 Å². The molecule has 0 atom stereocenters. The largest absolute Gasteiger partial charge is 0.355 e. The van der Waals surface area contributed by atoms with Crippen LogP contribution >= 0.6 is 22.7 Å². The van der Waals surface area contributed by atoms with E-state index < -0.39 is 5.91 Å². The number of anilines is 1. The smallest absolute Gasteiger partial charge is 0.279 e. The van der Waals surface area contributed by atoms with Gasteiger partial charge in [0.1, 0.15) is 11.5 Å². The van der Waals surface area contributed by atoms with Crippen LogP contribution < -0.4 is 10.9 Å². The highest BCUT2D eigenvalue weighted by molar-refractivity contribution is 7.13. The zero-order valence-electron chi connectivity index (χ0n) is 16.9. The van der Waals surface area contributed by atoms with Crippen molar-refractivity contribution >= 4 is 34.4 Å². The van der Waals surface area contributed by atoms with E-state index in [1.165, 1.54) is 27.4 Å². The third-order valence-corrected chi connectivity index (χ3v) is 6.59. The van der Waals surface area contributed by atoms with Crippen molar-refractivity contribution in [3.05, 3.63) is 74.5 Å². The maximum atomic E-state index is 12.9. The number of amides is 1. The summed E-state index contributed by atoms with van der Waals surface area (Å²) in [4.78, 5) is 34.1. The topological polar surface area (TPSA) is 119 Å². The molecule has 0 radical (unpaired) electrons. The minimum atomic E-state index is -0.471. The Labute approximate surface area is 189 Å². The van der Waals surface area contributed by atoms with Crippen LogP contribution in [0.2, 0.25) is 0 Å². The first-order valence-corrected chi connectivity index (χ1v) is 11.3. The van der Waals surface area contributed by atoms with Gasteiger partial charge in [0.25, 0.3) is 11.5 Å². The SMILES string of the molecule is Cc1nc(-n2nc(-c3cccs3)cc2NC(=O)c2cc(-c3cccs3)on2)[nH]c(=O)c1C. The number of rotatable bonds is 5. The van der Waals surface area contributed by atoms with Crippen LogP contribution in [0, 0.1) is 13.8 Å². The average molecular weight is 465 g/mol. The van der Waals surface area contributed by atoms with Crippen LogP contribution in [-0.4, -0.2) is 30.8 Å². The van der Waals surface area contributed by atoms with Crippen LogP contribution in [0.1, 0.15) is 21.7 Å². The van der Waals surface area contributed by atoms with Crippen LogP contribution in [0.3, 0.4) is 0 Å². The van der Waals surface area contributed by atoms with Crippen molar-refractivity contribution in [3.63, 3.8) is 0 Å². The van der Waals surface area contributed by atoms with Gasteiger partial charge in [-0.2, -0.15) is 9.78 Å². The normalized spacial score (nSPS) is 11.1. The van der Waals surface area contributed by atoms with Gasteiger partial charge in [-0.1, -0.05) is 17.3 Å². The van der Waals surface area contributed by atoms with E-state index in [-0.39, 0.29) is 17.2 Å². The number of aromatic nitrogens is 5. The van der Waals surface area contributed by atoms with Gasteiger partial charge in [0.05, 0.1) is 9.75 Å². The molecular formula is C21H16N6O3S2. The molecule has 5 heterocycles. The second-order valence-corrected chi connectivity index (χ2v) is 8.81. The maximum Gasteiger partial charge on any atom is 0.279 e. The van der Waals surface area contributed by atoms with Crippen molar-refractivity contribution in [2.24, 2.45) is 0 Å². The van der Waals surface area contributed by atoms with Gasteiger partial charge in [-0.05, 0) is 36.7 Å². The van der Waals surface area contributed by atoms with Crippen molar-refractivity contribution in [2.45, 2.75) is 13.8 Å². The molecule has 0 aliphatic carbocycles. The van der Waals surface area contributed by atoms with Crippen molar-refractivity contribution in [3.8, 4) is 27.2 Å². The van der Waals surface area contributed by atoms with Crippen LogP contribution in [-0.2, 0) is 0 Å². The van der Waals surface area contributed by atoms with Crippen LogP contribution in [0.4, 0.5) is 5.82 Å². The Bertz CT molecular complexity index is 1460. The molecule has 5 rings (SSSR count). The summed E-state index contributed by atoms with van der Waals surface area (Å²) < 4.78 is 6.71. The summed E-state index contributed by atoms with van der Waals surface area (Å²) in [6, 6.07) is 10.9. The first-order chi connectivity index (χ1) is 15.5. The van der Waals surface area contributed by atoms with E-state index in [0.29, 0.717) is 28.5 Å². The summed E-state index contributed by atoms with van der Waals surface area (Å²) >= 11 is 3.00. The molecule has 32 heavy (non-hydrogen) atoms. The van der Waals surface area contributed by atoms with Crippen molar-refractivity contribution < 1.29 is 9.32 Å². The van der Waals surface area contributed by atoms with Gasteiger partial charge in [-0.3, -0.25) is 14.6 Å². The van der Waals surface area contributed by atoms with E-state index >= 15 is 0 Å². The standard InChI is InChI=1S/C21H16N6O3S2/c1-11-12(2)22-21(24-19(11)28)27-18(10-13(25-27)16-5-3-7-31-16)23-20(29)14-9-15(30-26-14)17-6-4-8-32-17/h3-10H,1-2H3,(H,23,29)(H,22,24,28). The molecule has 0 saturated carbocycles. The second kappa shape index (κ2) is 8.02. The second-order valence-electron chi connectivity index (χ2n) is 6.91. The molecule has 0 aliphatic rings. The highest BCUT2D eigenvalue weighted by atomic mass is 32.1. The lowest BCUT2D eigenvalue weighted by molar-refractivity contribution is 0.101. The number of nitrogens with zero attached hydrogens (tertiary/aromatic N) is 4. The molecule has 2 N–H and O–H groups in total. The minimum Gasteiger partial charge on any atom is -0.355 e. The first-order valence-electron chi connectivity index (χ1n) is 9.53. The van der Waals surface area contributed by atoms with Gasteiger partial charge in [-0.15, -0.1) is 22.7 Å². The lowest BCUT2D eigenvalue weighted by Crippen LogP contribution is -2.21. The number of aromatic amines is 1. The molecule has 0 unspecified atom stereocenters. The lowest BCUT2D eigenvalue weighted by atomic mass is 10.3. The van der Waals surface area contributed by atoms with E-state index in [2.05, 4.69) is 25.5 Å². The molecule has 0 spiro atoms. The fourth-order valence-electron chi connectivity index (χ4n) is 3.00. The van der Waals surface area contributed by atoms with Gasteiger partial charge >= 0.3 is 0 Å². The average Bonchev–Trinajstić information content (AvgIpc) is 3.57. The number of thiophene rings is 2. The summed E-state index contributed by atoms with van der Waals surface area (Å²) in [5.41, 5.74) is 1.59. The number of hydrogen-bond donors (Lipinski definition) is 2. The Kier molecular flexibility index (Phi) is 5.04. The molecule has 0 bridgehead atoms. The Balaban J connectivity index is 1.53. The molecule has 5 aromatic rings. The van der Waals surface area contributed by atoms with E-state index in [1.807, 2.05) is 35.0 Å². The molecule has 0 aliphatic heterocycles. The molecule has 11 heteroatoms. The molecule has 1 amide bonds. The molecule has 9 nitrogen and oxygen atoms in total. The van der Waals surface area contributed by atoms with E-state index in [0.717, 1.165) is 9.75 Å². The molecule has 0 saturated heterocycles. The molecule has 0 aromatic carbocycles. The highest BCUT2D eigenvalue weighted by Crippen LogP contribution is 2.28. The van der Waals surface area contributed by atoms with E-state index in [9.17, 15) is 9.59 Å². The number of nitrogens with one attached hydrogen (secondary N) is 2. The summed E-state index contributed by atoms with van der Waals surface area (Å²) in [6.07, 6.45) is 0.